The van der Waals surface area contributed by atoms with Crippen molar-refractivity contribution < 1.29 is 14.0 Å². The van der Waals surface area contributed by atoms with Crippen LogP contribution in [0.3, 0.4) is 0 Å². The van der Waals surface area contributed by atoms with Crippen molar-refractivity contribution in [2.75, 3.05) is 13.1 Å². The minimum atomic E-state index is -0.929. The van der Waals surface area contributed by atoms with E-state index in [1.54, 1.807) is 12.1 Å². The molecule has 2 saturated heterocycles. The van der Waals surface area contributed by atoms with Crippen LogP contribution < -0.4 is 5.32 Å². The van der Waals surface area contributed by atoms with Crippen LogP contribution in [-0.2, 0) is 17.9 Å². The Hall–Kier alpha value is -3.39. The number of urea groups is 1. The molecule has 1 unspecified atom stereocenters. The molecule has 7 nitrogen and oxygen atoms in total. The predicted octanol–water partition coefficient (Wildman–Crippen LogP) is 3.80. The average molecular weight is 462 g/mol. The van der Waals surface area contributed by atoms with Gasteiger partial charge in [0.1, 0.15) is 11.4 Å². The number of hydrogen-bond acceptors (Lipinski definition) is 5. The minimum absolute atomic E-state index is 0.0437. The second-order valence-electron chi connectivity index (χ2n) is 9.45. The maximum absolute atomic E-state index is 13.3. The minimum Gasteiger partial charge on any atom is -0.323 e. The lowest BCUT2D eigenvalue weighted by molar-refractivity contribution is -0.133. The molecule has 2 fully saturated rings. The van der Waals surface area contributed by atoms with Gasteiger partial charge in [-0.2, -0.15) is 0 Å². The molecule has 176 valence electrons. The van der Waals surface area contributed by atoms with Crippen molar-refractivity contribution >= 4 is 23.0 Å². The molecule has 8 heteroatoms. The van der Waals surface area contributed by atoms with Crippen LogP contribution in [0.4, 0.5) is 9.18 Å². The number of carbonyl (C=O) groups is 2. The van der Waals surface area contributed by atoms with Crippen molar-refractivity contribution in [2.45, 2.75) is 45.3 Å². The van der Waals surface area contributed by atoms with Crippen molar-refractivity contribution in [3.63, 3.8) is 0 Å². The Labute approximate surface area is 198 Å². The number of aryl methyl sites for hydroxylation is 1. The van der Waals surface area contributed by atoms with Gasteiger partial charge < -0.3 is 5.32 Å². The van der Waals surface area contributed by atoms with Crippen molar-refractivity contribution in [2.24, 2.45) is 5.92 Å². The van der Waals surface area contributed by atoms with E-state index < -0.39 is 5.54 Å². The van der Waals surface area contributed by atoms with Crippen LogP contribution in [0.1, 0.15) is 36.7 Å². The summed E-state index contributed by atoms with van der Waals surface area (Å²) in [7, 11) is 0. The first-order chi connectivity index (χ1) is 16.3. The van der Waals surface area contributed by atoms with E-state index in [1.807, 2.05) is 38.1 Å². The van der Waals surface area contributed by atoms with Crippen LogP contribution in [0.5, 0.6) is 0 Å². The quantitative estimate of drug-likeness (QED) is 0.585. The standard InChI is InChI=1S/C26H28FN5O2/c1-17-23(29-22-6-4-3-5-21(22)28-17)16-31-13-11-19(12-14-31)26(2)24(33)32(25(34)30-26)15-18-7-9-20(27)10-8-18/h3-10,19H,11-16H2,1-2H3,(H,30,34). The third kappa shape index (κ3) is 4.14. The first-order valence-electron chi connectivity index (χ1n) is 11.7. The van der Waals surface area contributed by atoms with Crippen molar-refractivity contribution in [1.82, 2.24) is 25.1 Å². The molecule has 2 aromatic carbocycles. The van der Waals surface area contributed by atoms with Gasteiger partial charge in [0.25, 0.3) is 5.91 Å². The topological polar surface area (TPSA) is 78.4 Å². The summed E-state index contributed by atoms with van der Waals surface area (Å²) >= 11 is 0. The lowest BCUT2D eigenvalue weighted by Crippen LogP contribution is -2.53. The highest BCUT2D eigenvalue weighted by atomic mass is 19.1. The van der Waals surface area contributed by atoms with E-state index in [0.717, 1.165) is 53.9 Å². The summed E-state index contributed by atoms with van der Waals surface area (Å²) in [4.78, 5) is 39.0. The Kier molecular flexibility index (Phi) is 5.77. The SMILES string of the molecule is Cc1nc2ccccc2nc1CN1CCC(C2(C)NC(=O)N(Cc3ccc(F)cc3)C2=O)CC1. The Morgan fingerprint density at radius 2 is 1.65 bits per heavy atom. The number of carbonyl (C=O) groups excluding carboxylic acids is 2. The number of halogens is 1. The third-order valence-corrected chi connectivity index (χ3v) is 7.18. The van der Waals surface area contributed by atoms with Gasteiger partial charge in [0, 0.05) is 6.54 Å². The fourth-order valence-corrected chi connectivity index (χ4v) is 5.06. The van der Waals surface area contributed by atoms with Crippen LogP contribution in [0.15, 0.2) is 48.5 Å². The second kappa shape index (κ2) is 8.76. The van der Waals surface area contributed by atoms with Crippen LogP contribution in [0.25, 0.3) is 11.0 Å². The largest absolute Gasteiger partial charge is 0.325 e. The highest BCUT2D eigenvalue weighted by Crippen LogP contribution is 2.34. The number of hydrogen-bond donors (Lipinski definition) is 1. The zero-order chi connectivity index (χ0) is 23.9. The molecule has 0 aliphatic carbocycles. The Morgan fingerprint density at radius 3 is 2.32 bits per heavy atom. The van der Waals surface area contributed by atoms with Crippen LogP contribution in [0.2, 0.25) is 0 Å². The lowest BCUT2D eigenvalue weighted by Gasteiger charge is -2.38. The van der Waals surface area contributed by atoms with Crippen LogP contribution >= 0.6 is 0 Å². The number of imide groups is 1. The normalized spacial score (nSPS) is 21.9. The molecule has 3 aromatic rings. The maximum Gasteiger partial charge on any atom is 0.325 e. The van der Waals surface area contributed by atoms with E-state index in [4.69, 9.17) is 4.98 Å². The van der Waals surface area contributed by atoms with Gasteiger partial charge in [-0.3, -0.25) is 14.6 Å². The summed E-state index contributed by atoms with van der Waals surface area (Å²) < 4.78 is 13.2. The van der Waals surface area contributed by atoms with Crippen LogP contribution in [-0.4, -0.2) is 50.3 Å². The van der Waals surface area contributed by atoms with Crippen molar-refractivity contribution in [1.29, 1.82) is 0 Å². The molecule has 1 atom stereocenters. The number of likely N-dealkylation sites (tertiary alicyclic amines) is 1. The Bertz CT molecular complexity index is 1240. The number of aromatic nitrogens is 2. The number of benzene rings is 2. The average Bonchev–Trinajstić information content (AvgIpc) is 3.05. The van der Waals surface area contributed by atoms with Crippen molar-refractivity contribution in [3.05, 3.63) is 71.3 Å². The Balaban J connectivity index is 1.23. The molecular formula is C26H28FN5O2. The number of para-hydroxylation sites is 2. The number of piperidine rings is 1. The summed E-state index contributed by atoms with van der Waals surface area (Å²) in [6.07, 6.45) is 1.60. The molecule has 5 rings (SSSR count). The molecule has 3 heterocycles. The van der Waals surface area contributed by atoms with E-state index in [9.17, 15) is 14.0 Å². The number of nitrogens with zero attached hydrogens (tertiary/aromatic N) is 4. The van der Waals surface area contributed by atoms with Gasteiger partial charge in [0.15, 0.2) is 0 Å². The zero-order valence-electron chi connectivity index (χ0n) is 19.4. The second-order valence-corrected chi connectivity index (χ2v) is 9.45. The molecule has 0 saturated carbocycles. The molecule has 2 aliphatic rings. The highest BCUT2D eigenvalue weighted by Gasteiger charge is 2.52. The number of nitrogens with one attached hydrogen (secondary N) is 1. The van der Waals surface area contributed by atoms with Gasteiger partial charge in [0.2, 0.25) is 0 Å². The maximum atomic E-state index is 13.3. The summed E-state index contributed by atoms with van der Waals surface area (Å²) in [5.74, 6) is -0.513. The summed E-state index contributed by atoms with van der Waals surface area (Å²) in [5.41, 5.74) is 3.49. The molecule has 1 N–H and O–H groups in total. The number of fused-ring (bicyclic) bond motifs is 1. The van der Waals surface area contributed by atoms with Gasteiger partial charge >= 0.3 is 6.03 Å². The molecular weight excluding hydrogens is 433 g/mol. The fourth-order valence-electron chi connectivity index (χ4n) is 5.06. The third-order valence-electron chi connectivity index (χ3n) is 7.18. The van der Waals surface area contributed by atoms with Gasteiger partial charge in [0.05, 0.1) is 29.0 Å². The van der Waals surface area contributed by atoms with Crippen molar-refractivity contribution in [3.8, 4) is 0 Å². The molecule has 0 spiro atoms. The number of amides is 3. The lowest BCUT2D eigenvalue weighted by atomic mass is 9.79. The molecule has 0 radical (unpaired) electrons. The molecule has 34 heavy (non-hydrogen) atoms. The van der Waals surface area contributed by atoms with E-state index in [2.05, 4.69) is 15.2 Å². The summed E-state index contributed by atoms with van der Waals surface area (Å²) in [6.45, 7) is 6.30. The first-order valence-corrected chi connectivity index (χ1v) is 11.7. The van der Waals surface area contributed by atoms with Gasteiger partial charge in [-0.25, -0.2) is 19.2 Å². The van der Waals surface area contributed by atoms with E-state index >= 15 is 0 Å². The molecule has 2 aliphatic heterocycles. The summed E-state index contributed by atoms with van der Waals surface area (Å²) in [6, 6.07) is 13.4. The monoisotopic (exact) mass is 461 g/mol. The first kappa shape index (κ1) is 22.4. The molecule has 1 aromatic heterocycles. The molecule has 0 bridgehead atoms. The van der Waals surface area contributed by atoms with Gasteiger partial charge in [-0.05, 0) is 75.5 Å². The smallest absolute Gasteiger partial charge is 0.323 e. The zero-order valence-corrected chi connectivity index (χ0v) is 19.4. The fraction of sp³-hybridized carbons (Fsp3) is 0.385. The van der Waals surface area contributed by atoms with E-state index in [1.165, 1.54) is 17.0 Å². The number of rotatable bonds is 5. The summed E-state index contributed by atoms with van der Waals surface area (Å²) in [5, 5.41) is 2.95. The Morgan fingerprint density at radius 1 is 1.00 bits per heavy atom. The molecule has 3 amide bonds. The predicted molar refractivity (Wildman–Crippen MR) is 126 cm³/mol. The van der Waals surface area contributed by atoms with Gasteiger partial charge in [-0.15, -0.1) is 0 Å². The van der Waals surface area contributed by atoms with E-state index in [0.29, 0.717) is 6.54 Å². The highest BCUT2D eigenvalue weighted by molar-refractivity contribution is 6.07. The van der Waals surface area contributed by atoms with Crippen LogP contribution in [0, 0.1) is 18.7 Å². The van der Waals surface area contributed by atoms with Gasteiger partial charge in [-0.1, -0.05) is 24.3 Å². The van der Waals surface area contributed by atoms with E-state index in [-0.39, 0.29) is 30.2 Å².